The van der Waals surface area contributed by atoms with Crippen LogP contribution in [-0.2, 0) is 23.2 Å². The zero-order chi connectivity index (χ0) is 15.6. The van der Waals surface area contributed by atoms with Crippen molar-refractivity contribution in [3.8, 4) is 0 Å². The van der Waals surface area contributed by atoms with Crippen LogP contribution >= 0.6 is 0 Å². The van der Waals surface area contributed by atoms with Gasteiger partial charge in [-0.1, -0.05) is 0 Å². The molecule has 6 nitrogen and oxygen atoms in total. The van der Waals surface area contributed by atoms with Gasteiger partial charge >= 0.3 is 0 Å². The van der Waals surface area contributed by atoms with Gasteiger partial charge in [-0.05, 0) is 26.0 Å². The van der Waals surface area contributed by atoms with Crippen molar-refractivity contribution < 1.29 is 17.9 Å². The van der Waals surface area contributed by atoms with Gasteiger partial charge in [-0.25, -0.2) is 8.42 Å². The first-order valence-electron chi connectivity index (χ1n) is 6.65. The molecule has 0 fully saturated rings. The van der Waals surface area contributed by atoms with E-state index < -0.39 is 10.0 Å². The van der Waals surface area contributed by atoms with Crippen molar-refractivity contribution in [1.29, 1.82) is 0 Å². The largest absolute Gasteiger partial charge is 0.472 e. The lowest BCUT2D eigenvalue weighted by atomic mass is 10.3. The van der Waals surface area contributed by atoms with Crippen LogP contribution in [0.15, 0.2) is 40.2 Å². The fourth-order valence-electron chi connectivity index (χ4n) is 2.15. The Balaban J connectivity index is 2.30. The number of rotatable bonds is 6. The molecule has 2 heterocycles. The summed E-state index contributed by atoms with van der Waals surface area (Å²) >= 11 is 0. The maximum absolute atomic E-state index is 12.6. The highest BCUT2D eigenvalue weighted by Crippen LogP contribution is 2.22. The fourth-order valence-corrected chi connectivity index (χ4v) is 3.36. The highest BCUT2D eigenvalue weighted by molar-refractivity contribution is 7.89. The maximum Gasteiger partial charge on any atom is 0.244 e. The summed E-state index contributed by atoms with van der Waals surface area (Å²) in [6.45, 7) is 3.91. The number of sulfonamides is 1. The van der Waals surface area contributed by atoms with Crippen LogP contribution in [-0.4, -0.2) is 29.4 Å². The summed E-state index contributed by atoms with van der Waals surface area (Å²) in [5, 5.41) is 9.35. The van der Waals surface area contributed by atoms with Crippen molar-refractivity contribution in [2.24, 2.45) is 0 Å². The molecule has 0 aliphatic rings. The predicted molar refractivity (Wildman–Crippen MR) is 78.1 cm³/mol. The second-order valence-electron chi connectivity index (χ2n) is 5.22. The average molecular weight is 312 g/mol. The molecule has 2 aromatic heterocycles. The van der Waals surface area contributed by atoms with E-state index in [1.165, 1.54) is 29.9 Å². The summed E-state index contributed by atoms with van der Waals surface area (Å²) in [6.07, 6.45) is 4.59. The molecular weight excluding hydrogens is 292 g/mol. The van der Waals surface area contributed by atoms with Crippen molar-refractivity contribution >= 4 is 10.0 Å². The zero-order valence-electron chi connectivity index (χ0n) is 12.4. The van der Waals surface area contributed by atoms with Gasteiger partial charge in [0.2, 0.25) is 10.0 Å². The molecule has 2 aromatic rings. The third-order valence-electron chi connectivity index (χ3n) is 3.32. The molecule has 0 saturated carbocycles. The molecule has 0 bridgehead atoms. The lowest BCUT2D eigenvalue weighted by molar-refractivity contribution is 0.268. The monoisotopic (exact) mass is 312 g/mol. The van der Waals surface area contributed by atoms with Crippen LogP contribution in [0, 0.1) is 0 Å². The normalized spacial score (nSPS) is 12.5. The first-order valence-corrected chi connectivity index (χ1v) is 8.09. The van der Waals surface area contributed by atoms with Gasteiger partial charge in [0, 0.05) is 37.1 Å². The number of aromatic nitrogens is 1. The van der Waals surface area contributed by atoms with Crippen LogP contribution in [0.4, 0.5) is 0 Å². The molecule has 0 radical (unpaired) electrons. The third-order valence-corrected chi connectivity index (χ3v) is 5.09. The van der Waals surface area contributed by atoms with E-state index in [2.05, 4.69) is 0 Å². The molecule has 0 unspecified atom stereocenters. The van der Waals surface area contributed by atoms with Gasteiger partial charge in [0.1, 0.15) is 4.90 Å². The van der Waals surface area contributed by atoms with E-state index in [-0.39, 0.29) is 24.1 Å². The zero-order valence-corrected chi connectivity index (χ0v) is 13.2. The lowest BCUT2D eigenvalue weighted by Crippen LogP contribution is -2.26. The molecule has 1 N–H and O–H groups in total. The summed E-state index contributed by atoms with van der Waals surface area (Å²) in [6, 6.07) is 3.32. The van der Waals surface area contributed by atoms with E-state index in [1.54, 1.807) is 16.8 Å². The first-order chi connectivity index (χ1) is 9.86. The predicted octanol–water partition coefficient (Wildman–Crippen LogP) is 1.98. The van der Waals surface area contributed by atoms with Crippen LogP contribution in [0.3, 0.4) is 0 Å². The number of furan rings is 1. The molecule has 0 spiro atoms. The quantitative estimate of drug-likeness (QED) is 0.885. The first kappa shape index (κ1) is 15.8. The Morgan fingerprint density at radius 2 is 2.14 bits per heavy atom. The standard InChI is InChI=1S/C14H20N2O4S/c1-11(2)16-8-14(6-13(16)9-17)21(18,19)15(3)7-12-4-5-20-10-12/h4-6,8,10-11,17H,7,9H2,1-3H3. The molecular formula is C14H20N2O4S. The molecule has 0 amide bonds. The molecule has 0 aliphatic heterocycles. The molecule has 0 atom stereocenters. The average Bonchev–Trinajstić information content (AvgIpc) is 3.06. The Labute approximate surface area is 124 Å². The molecule has 116 valence electrons. The van der Waals surface area contributed by atoms with Crippen molar-refractivity contribution in [1.82, 2.24) is 8.87 Å². The van der Waals surface area contributed by atoms with Gasteiger partial charge in [-0.3, -0.25) is 0 Å². The van der Waals surface area contributed by atoms with E-state index in [1.807, 2.05) is 13.8 Å². The SMILES string of the molecule is CC(C)n1cc(S(=O)(=O)N(C)Cc2ccoc2)cc1CO. The van der Waals surface area contributed by atoms with E-state index in [4.69, 9.17) is 4.42 Å². The van der Waals surface area contributed by atoms with Crippen LogP contribution in [0.25, 0.3) is 0 Å². The van der Waals surface area contributed by atoms with Crippen molar-refractivity contribution in [3.05, 3.63) is 42.1 Å². The van der Waals surface area contributed by atoms with Gasteiger partial charge in [-0.15, -0.1) is 0 Å². The van der Waals surface area contributed by atoms with Crippen molar-refractivity contribution in [3.63, 3.8) is 0 Å². The van der Waals surface area contributed by atoms with E-state index in [0.29, 0.717) is 5.69 Å². The second kappa shape index (κ2) is 6.05. The number of hydrogen-bond donors (Lipinski definition) is 1. The molecule has 0 aromatic carbocycles. The summed E-state index contributed by atoms with van der Waals surface area (Å²) in [5.74, 6) is 0. The smallest absolute Gasteiger partial charge is 0.244 e. The minimum atomic E-state index is -3.60. The highest BCUT2D eigenvalue weighted by Gasteiger charge is 2.24. The van der Waals surface area contributed by atoms with E-state index in [0.717, 1.165) is 5.56 Å². The van der Waals surface area contributed by atoms with Crippen LogP contribution < -0.4 is 0 Å². The summed E-state index contributed by atoms with van der Waals surface area (Å²) in [7, 11) is -2.08. The number of aliphatic hydroxyl groups excluding tert-OH is 1. The third kappa shape index (κ3) is 3.20. The molecule has 0 aliphatic carbocycles. The highest BCUT2D eigenvalue weighted by atomic mass is 32.2. The van der Waals surface area contributed by atoms with E-state index in [9.17, 15) is 13.5 Å². The Hall–Kier alpha value is -1.57. The number of nitrogens with zero attached hydrogens (tertiary/aromatic N) is 2. The topological polar surface area (TPSA) is 75.7 Å². The minimum absolute atomic E-state index is 0.0790. The summed E-state index contributed by atoms with van der Waals surface area (Å²) in [4.78, 5) is 0.186. The fraction of sp³-hybridized carbons (Fsp3) is 0.429. The number of aliphatic hydroxyl groups is 1. The van der Waals surface area contributed by atoms with Crippen LogP contribution in [0.1, 0.15) is 31.1 Å². The summed E-state index contributed by atoms with van der Waals surface area (Å²) in [5.41, 5.74) is 1.37. The Morgan fingerprint density at radius 3 is 2.62 bits per heavy atom. The Kier molecular flexibility index (Phi) is 4.55. The van der Waals surface area contributed by atoms with Gasteiger partial charge < -0.3 is 14.1 Å². The van der Waals surface area contributed by atoms with Gasteiger partial charge in [0.05, 0.1) is 19.1 Å². The molecule has 7 heteroatoms. The Bertz CT molecular complexity index is 687. The second-order valence-corrected chi connectivity index (χ2v) is 7.26. The van der Waals surface area contributed by atoms with Crippen molar-refractivity contribution in [2.75, 3.05) is 7.05 Å². The number of hydrogen-bond acceptors (Lipinski definition) is 4. The van der Waals surface area contributed by atoms with Gasteiger partial charge in [-0.2, -0.15) is 4.31 Å². The molecule has 0 saturated heterocycles. The van der Waals surface area contributed by atoms with Gasteiger partial charge in [0.15, 0.2) is 0 Å². The lowest BCUT2D eigenvalue weighted by Gasteiger charge is -2.15. The summed E-state index contributed by atoms with van der Waals surface area (Å²) < 4.78 is 33.1. The van der Waals surface area contributed by atoms with E-state index >= 15 is 0 Å². The molecule has 2 rings (SSSR count). The Morgan fingerprint density at radius 1 is 1.43 bits per heavy atom. The van der Waals surface area contributed by atoms with Gasteiger partial charge in [0.25, 0.3) is 0 Å². The van der Waals surface area contributed by atoms with Crippen LogP contribution in [0.5, 0.6) is 0 Å². The minimum Gasteiger partial charge on any atom is -0.472 e. The van der Waals surface area contributed by atoms with Crippen molar-refractivity contribution in [2.45, 2.75) is 37.9 Å². The molecule has 21 heavy (non-hydrogen) atoms. The maximum atomic E-state index is 12.6. The van der Waals surface area contributed by atoms with Crippen LogP contribution in [0.2, 0.25) is 0 Å².